The minimum absolute atomic E-state index is 0.0373. The van der Waals surface area contributed by atoms with Crippen LogP contribution in [0, 0.1) is 24.0 Å². The number of hydrogen-bond donors (Lipinski definition) is 1. The Balaban J connectivity index is 1.82. The van der Waals surface area contributed by atoms with Crippen LogP contribution in [0.2, 0.25) is 0 Å². The number of nitro groups is 1. The van der Waals surface area contributed by atoms with Crippen molar-refractivity contribution in [3.8, 4) is 5.75 Å². The molecule has 1 amide bonds. The molecule has 0 heterocycles. The second kappa shape index (κ2) is 8.63. The Labute approximate surface area is 146 Å². The summed E-state index contributed by atoms with van der Waals surface area (Å²) >= 11 is 0. The second-order valence-electron chi connectivity index (χ2n) is 5.56. The van der Waals surface area contributed by atoms with Gasteiger partial charge < -0.3 is 10.1 Å². The van der Waals surface area contributed by atoms with Crippen molar-refractivity contribution in [1.29, 1.82) is 0 Å². The van der Waals surface area contributed by atoms with Crippen LogP contribution in [0.1, 0.15) is 16.7 Å². The molecule has 0 bridgehead atoms. The van der Waals surface area contributed by atoms with Gasteiger partial charge in [-0.1, -0.05) is 29.8 Å². The van der Waals surface area contributed by atoms with Crippen LogP contribution in [0.3, 0.4) is 0 Å². The highest BCUT2D eigenvalue weighted by atomic mass is 16.6. The number of ether oxygens (including phenoxy) is 1. The van der Waals surface area contributed by atoms with Crippen LogP contribution < -0.4 is 10.1 Å². The molecule has 25 heavy (non-hydrogen) atoms. The van der Waals surface area contributed by atoms with Gasteiger partial charge in [-0.05, 0) is 37.6 Å². The number of nitro benzene ring substituents is 1. The molecule has 0 atom stereocenters. The maximum Gasteiger partial charge on any atom is 0.276 e. The van der Waals surface area contributed by atoms with Crippen molar-refractivity contribution < 1.29 is 14.5 Å². The van der Waals surface area contributed by atoms with E-state index >= 15 is 0 Å². The lowest BCUT2D eigenvalue weighted by Crippen LogP contribution is -2.26. The molecule has 0 aliphatic carbocycles. The Morgan fingerprint density at radius 3 is 2.72 bits per heavy atom. The zero-order chi connectivity index (χ0) is 18.2. The van der Waals surface area contributed by atoms with Crippen LogP contribution in [-0.2, 0) is 4.79 Å². The smallest absolute Gasteiger partial charge is 0.276 e. The number of amides is 1. The van der Waals surface area contributed by atoms with E-state index in [1.54, 1.807) is 18.2 Å². The summed E-state index contributed by atoms with van der Waals surface area (Å²) in [4.78, 5) is 22.2. The molecule has 2 aromatic carbocycles. The van der Waals surface area contributed by atoms with Crippen molar-refractivity contribution in [2.45, 2.75) is 13.8 Å². The summed E-state index contributed by atoms with van der Waals surface area (Å²) in [6.45, 7) is 4.67. The number of carbonyl (C=O) groups is 1. The molecule has 6 heteroatoms. The Morgan fingerprint density at radius 2 is 2.00 bits per heavy atom. The maximum absolute atomic E-state index is 11.8. The van der Waals surface area contributed by atoms with E-state index in [4.69, 9.17) is 4.74 Å². The Hall–Kier alpha value is -3.15. The quantitative estimate of drug-likeness (QED) is 0.362. The molecule has 0 aromatic heterocycles. The van der Waals surface area contributed by atoms with Gasteiger partial charge in [0.15, 0.2) is 0 Å². The molecule has 2 aromatic rings. The first kappa shape index (κ1) is 18.2. The molecule has 0 aliphatic rings. The van der Waals surface area contributed by atoms with Gasteiger partial charge in [0.05, 0.1) is 17.0 Å². The lowest BCUT2D eigenvalue weighted by atomic mass is 10.1. The topological polar surface area (TPSA) is 81.5 Å². The molecule has 0 unspecified atom stereocenters. The fourth-order valence-corrected chi connectivity index (χ4v) is 2.32. The fourth-order valence-electron chi connectivity index (χ4n) is 2.32. The van der Waals surface area contributed by atoms with Crippen molar-refractivity contribution in [2.24, 2.45) is 0 Å². The van der Waals surface area contributed by atoms with Gasteiger partial charge in [0.2, 0.25) is 5.91 Å². The van der Waals surface area contributed by atoms with E-state index in [2.05, 4.69) is 5.32 Å². The average molecular weight is 340 g/mol. The number of carbonyl (C=O) groups excluding carboxylic acids is 1. The predicted octanol–water partition coefficient (Wildman–Crippen LogP) is 3.42. The monoisotopic (exact) mass is 340 g/mol. The predicted molar refractivity (Wildman–Crippen MR) is 96.6 cm³/mol. The summed E-state index contributed by atoms with van der Waals surface area (Å²) in [7, 11) is 0. The summed E-state index contributed by atoms with van der Waals surface area (Å²) in [6, 6.07) is 12.2. The molecule has 6 nitrogen and oxygen atoms in total. The molecule has 130 valence electrons. The van der Waals surface area contributed by atoms with E-state index in [-0.39, 0.29) is 11.6 Å². The van der Waals surface area contributed by atoms with Gasteiger partial charge in [-0.3, -0.25) is 14.9 Å². The van der Waals surface area contributed by atoms with Crippen molar-refractivity contribution in [3.63, 3.8) is 0 Å². The van der Waals surface area contributed by atoms with E-state index in [9.17, 15) is 14.9 Å². The number of rotatable bonds is 7. The van der Waals surface area contributed by atoms with E-state index < -0.39 is 4.92 Å². The van der Waals surface area contributed by atoms with Crippen molar-refractivity contribution in [1.82, 2.24) is 5.32 Å². The third-order valence-electron chi connectivity index (χ3n) is 3.54. The van der Waals surface area contributed by atoms with Crippen LogP contribution in [0.5, 0.6) is 5.75 Å². The van der Waals surface area contributed by atoms with E-state index in [1.807, 2.05) is 32.0 Å². The molecule has 2 rings (SSSR count). The Kier molecular flexibility index (Phi) is 6.28. The lowest BCUT2D eigenvalue weighted by molar-refractivity contribution is -0.385. The van der Waals surface area contributed by atoms with E-state index in [0.29, 0.717) is 18.7 Å². The van der Waals surface area contributed by atoms with Gasteiger partial charge in [0.1, 0.15) is 12.4 Å². The van der Waals surface area contributed by atoms with Crippen LogP contribution in [-0.4, -0.2) is 24.0 Å². The molecule has 0 spiro atoms. The lowest BCUT2D eigenvalue weighted by Gasteiger charge is -2.09. The van der Waals surface area contributed by atoms with Crippen LogP contribution in [0.4, 0.5) is 5.69 Å². The number of nitrogens with one attached hydrogen (secondary N) is 1. The first-order chi connectivity index (χ1) is 12.0. The normalized spacial score (nSPS) is 10.6. The van der Waals surface area contributed by atoms with Crippen molar-refractivity contribution in [2.75, 3.05) is 13.2 Å². The summed E-state index contributed by atoms with van der Waals surface area (Å²) in [5.74, 6) is 0.456. The minimum atomic E-state index is -0.477. The summed E-state index contributed by atoms with van der Waals surface area (Å²) < 4.78 is 5.63. The highest BCUT2D eigenvalue weighted by Crippen LogP contribution is 2.19. The first-order valence-electron chi connectivity index (χ1n) is 7.87. The third kappa shape index (κ3) is 5.46. The van der Waals surface area contributed by atoms with Crippen molar-refractivity contribution >= 4 is 17.7 Å². The number of aryl methyl sites for hydroxylation is 2. The van der Waals surface area contributed by atoms with E-state index in [1.165, 1.54) is 23.8 Å². The molecular weight excluding hydrogens is 320 g/mol. The highest BCUT2D eigenvalue weighted by Gasteiger charge is 2.09. The van der Waals surface area contributed by atoms with Gasteiger partial charge in [-0.15, -0.1) is 0 Å². The standard InChI is InChI=1S/C19H20N2O4/c1-14-7-9-18(15(2)13-14)25-12-11-20-19(22)10-8-16-5-3-4-6-17(16)21(23)24/h3-10,13H,11-12H2,1-2H3,(H,20,22)/b10-8+. The zero-order valence-electron chi connectivity index (χ0n) is 14.2. The molecule has 0 radical (unpaired) electrons. The van der Waals surface area contributed by atoms with Crippen molar-refractivity contribution in [3.05, 3.63) is 75.3 Å². The average Bonchev–Trinajstić information content (AvgIpc) is 2.58. The Bertz CT molecular complexity index is 800. The number of hydrogen-bond acceptors (Lipinski definition) is 4. The van der Waals surface area contributed by atoms with Crippen LogP contribution in [0.25, 0.3) is 6.08 Å². The molecule has 0 aliphatic heterocycles. The molecule has 0 saturated carbocycles. The Morgan fingerprint density at radius 1 is 1.24 bits per heavy atom. The molecule has 1 N–H and O–H groups in total. The number of benzene rings is 2. The first-order valence-corrected chi connectivity index (χ1v) is 7.87. The van der Waals surface area contributed by atoms with Gasteiger partial charge in [0.25, 0.3) is 5.69 Å². The molecular formula is C19H20N2O4. The summed E-state index contributed by atoms with van der Waals surface area (Å²) in [6.07, 6.45) is 2.71. The fraction of sp³-hybridized carbons (Fsp3) is 0.211. The third-order valence-corrected chi connectivity index (χ3v) is 3.54. The molecule has 0 saturated heterocycles. The summed E-state index contributed by atoms with van der Waals surface area (Å²) in [5, 5.41) is 13.6. The van der Waals surface area contributed by atoms with Gasteiger partial charge >= 0.3 is 0 Å². The maximum atomic E-state index is 11.8. The summed E-state index contributed by atoms with van der Waals surface area (Å²) in [5.41, 5.74) is 2.56. The number of nitrogens with zero attached hydrogens (tertiary/aromatic N) is 1. The van der Waals surface area contributed by atoms with Gasteiger partial charge in [-0.2, -0.15) is 0 Å². The van der Waals surface area contributed by atoms with Crippen LogP contribution in [0.15, 0.2) is 48.5 Å². The van der Waals surface area contributed by atoms with E-state index in [0.717, 1.165) is 11.3 Å². The minimum Gasteiger partial charge on any atom is -0.491 e. The van der Waals surface area contributed by atoms with Gasteiger partial charge in [0, 0.05) is 12.1 Å². The largest absolute Gasteiger partial charge is 0.491 e. The number of para-hydroxylation sites is 1. The van der Waals surface area contributed by atoms with Crippen LogP contribution >= 0.6 is 0 Å². The second-order valence-corrected chi connectivity index (χ2v) is 5.56. The molecule has 0 fully saturated rings. The highest BCUT2D eigenvalue weighted by molar-refractivity contribution is 5.92. The van der Waals surface area contributed by atoms with Gasteiger partial charge in [-0.25, -0.2) is 0 Å². The SMILES string of the molecule is Cc1ccc(OCCNC(=O)/C=C/c2ccccc2[N+](=O)[O-])c(C)c1. The zero-order valence-corrected chi connectivity index (χ0v) is 14.2.